The van der Waals surface area contributed by atoms with Gasteiger partial charge >= 0.3 is 5.97 Å². The van der Waals surface area contributed by atoms with Crippen molar-refractivity contribution in [3.63, 3.8) is 0 Å². The zero-order valence-electron chi connectivity index (χ0n) is 12.1. The Kier molecular flexibility index (Phi) is 5.85. The van der Waals surface area contributed by atoms with Crippen LogP contribution in [0.25, 0.3) is 6.08 Å². The van der Waals surface area contributed by atoms with Crippen LogP contribution in [0, 0.1) is 10.1 Å². The number of anilines is 1. The second-order valence-electron chi connectivity index (χ2n) is 4.41. The third kappa shape index (κ3) is 5.06. The lowest BCUT2D eigenvalue weighted by Gasteiger charge is -2.05. The molecule has 0 unspecified atom stereocenters. The number of furan rings is 1. The molecule has 0 aliphatic carbocycles. The third-order valence-electron chi connectivity index (χ3n) is 2.70. The van der Waals surface area contributed by atoms with Crippen molar-refractivity contribution < 1.29 is 23.7 Å². The van der Waals surface area contributed by atoms with Gasteiger partial charge in [0.05, 0.1) is 4.92 Å². The van der Waals surface area contributed by atoms with E-state index >= 15 is 0 Å². The van der Waals surface area contributed by atoms with Gasteiger partial charge in [0.2, 0.25) is 0 Å². The lowest BCUT2D eigenvalue weighted by molar-refractivity contribution is -0.383. The van der Waals surface area contributed by atoms with E-state index in [-0.39, 0.29) is 11.4 Å². The van der Waals surface area contributed by atoms with Gasteiger partial charge < -0.3 is 14.5 Å². The highest BCUT2D eigenvalue weighted by atomic mass is 79.9. The number of nitro benzene ring substituents is 1. The average molecular weight is 395 g/mol. The highest BCUT2D eigenvalue weighted by Crippen LogP contribution is 2.22. The Labute approximate surface area is 144 Å². The van der Waals surface area contributed by atoms with Gasteiger partial charge in [-0.05, 0) is 40.2 Å². The summed E-state index contributed by atoms with van der Waals surface area (Å²) in [5.41, 5.74) is -0.222. The summed E-state index contributed by atoms with van der Waals surface area (Å²) in [6.45, 7) is -0.572. The second-order valence-corrected chi connectivity index (χ2v) is 5.19. The number of amides is 1. The summed E-state index contributed by atoms with van der Waals surface area (Å²) in [7, 11) is 0. The number of halogens is 1. The predicted octanol–water partition coefficient (Wildman–Crippen LogP) is 3.15. The van der Waals surface area contributed by atoms with Crippen LogP contribution in [0.2, 0.25) is 0 Å². The van der Waals surface area contributed by atoms with Gasteiger partial charge in [-0.15, -0.1) is 0 Å². The zero-order chi connectivity index (χ0) is 17.5. The van der Waals surface area contributed by atoms with Crippen molar-refractivity contribution >= 4 is 45.3 Å². The number of rotatable bonds is 6. The first kappa shape index (κ1) is 17.4. The van der Waals surface area contributed by atoms with Crippen molar-refractivity contribution in [2.45, 2.75) is 0 Å². The highest BCUT2D eigenvalue weighted by Gasteiger charge is 2.15. The Morgan fingerprint density at radius 3 is 2.71 bits per heavy atom. The van der Waals surface area contributed by atoms with Crippen molar-refractivity contribution in [3.05, 3.63) is 63.0 Å². The van der Waals surface area contributed by atoms with E-state index in [2.05, 4.69) is 21.2 Å². The summed E-state index contributed by atoms with van der Waals surface area (Å²) in [4.78, 5) is 33.4. The van der Waals surface area contributed by atoms with Crippen molar-refractivity contribution in [3.8, 4) is 0 Å². The summed E-state index contributed by atoms with van der Waals surface area (Å²) in [5, 5.41) is 13.2. The monoisotopic (exact) mass is 394 g/mol. The van der Waals surface area contributed by atoms with Crippen molar-refractivity contribution in [1.82, 2.24) is 0 Å². The fraction of sp³-hybridized carbons (Fsp3) is 0.0667. The van der Waals surface area contributed by atoms with Gasteiger partial charge in [-0.1, -0.05) is 12.1 Å². The Morgan fingerprint density at radius 2 is 2.04 bits per heavy atom. The molecule has 1 amide bonds. The molecule has 0 aliphatic rings. The van der Waals surface area contributed by atoms with Crippen LogP contribution in [0.3, 0.4) is 0 Å². The van der Waals surface area contributed by atoms with Crippen molar-refractivity contribution in [2.24, 2.45) is 0 Å². The summed E-state index contributed by atoms with van der Waals surface area (Å²) >= 11 is 3.12. The molecule has 8 nitrogen and oxygen atoms in total. The first-order valence-corrected chi connectivity index (χ1v) is 7.38. The van der Waals surface area contributed by atoms with Crippen molar-refractivity contribution in [1.29, 1.82) is 0 Å². The van der Waals surface area contributed by atoms with Crippen LogP contribution in [0.1, 0.15) is 5.76 Å². The molecular formula is C15H11BrN2O6. The molecule has 0 atom stereocenters. The molecule has 1 heterocycles. The summed E-state index contributed by atoms with van der Waals surface area (Å²) in [5.74, 6) is -1.00. The summed E-state index contributed by atoms with van der Waals surface area (Å²) in [6, 6.07) is 8.95. The van der Waals surface area contributed by atoms with Crippen molar-refractivity contribution in [2.75, 3.05) is 11.9 Å². The molecule has 0 saturated carbocycles. The number of carbonyl (C=O) groups is 2. The maximum absolute atomic E-state index is 11.7. The quantitative estimate of drug-likeness (QED) is 0.348. The maximum Gasteiger partial charge on any atom is 0.331 e. The minimum Gasteiger partial charge on any atom is -0.452 e. The second kappa shape index (κ2) is 8.06. The van der Waals surface area contributed by atoms with E-state index in [0.717, 1.165) is 6.08 Å². The SMILES string of the molecule is O=C(COC(=O)C=Cc1ccc(Br)o1)Nc1ccccc1[N+](=O)[O-]. The standard InChI is InChI=1S/C15H11BrN2O6/c16-13-7-5-10(24-13)6-8-15(20)23-9-14(19)17-11-3-1-2-4-12(11)18(21)22/h1-8H,9H2,(H,17,19). The largest absolute Gasteiger partial charge is 0.452 e. The number of nitro groups is 1. The molecule has 1 aromatic heterocycles. The molecule has 0 fully saturated rings. The fourth-order valence-electron chi connectivity index (χ4n) is 1.68. The van der Waals surface area contributed by atoms with Gasteiger partial charge in [0.15, 0.2) is 11.3 Å². The average Bonchev–Trinajstić information content (AvgIpc) is 2.97. The number of ether oxygens (including phenoxy) is 1. The first-order chi connectivity index (χ1) is 11.5. The van der Waals surface area contributed by atoms with E-state index in [1.54, 1.807) is 18.2 Å². The van der Waals surface area contributed by atoms with Gasteiger partial charge in [-0.2, -0.15) is 0 Å². The third-order valence-corrected chi connectivity index (χ3v) is 3.12. The molecule has 0 bridgehead atoms. The Morgan fingerprint density at radius 1 is 1.29 bits per heavy atom. The normalized spacial score (nSPS) is 10.5. The molecule has 1 N–H and O–H groups in total. The van der Waals surface area contributed by atoms with E-state index < -0.39 is 23.4 Å². The number of hydrogen-bond donors (Lipinski definition) is 1. The van der Waals surface area contributed by atoms with Crippen LogP contribution < -0.4 is 5.32 Å². The van der Waals surface area contributed by atoms with E-state index in [4.69, 9.17) is 9.15 Å². The summed E-state index contributed by atoms with van der Waals surface area (Å²) < 4.78 is 10.4. The molecule has 0 aliphatic heterocycles. The molecule has 124 valence electrons. The fourth-order valence-corrected chi connectivity index (χ4v) is 2.00. The Balaban J connectivity index is 1.86. The topological polar surface area (TPSA) is 112 Å². The van der Waals surface area contributed by atoms with Crippen LogP contribution >= 0.6 is 15.9 Å². The lowest BCUT2D eigenvalue weighted by Crippen LogP contribution is -2.20. The molecule has 0 radical (unpaired) electrons. The van der Waals surface area contributed by atoms with E-state index in [0.29, 0.717) is 10.4 Å². The molecule has 9 heteroatoms. The van der Waals surface area contributed by atoms with E-state index in [1.165, 1.54) is 24.3 Å². The molecule has 1 aromatic carbocycles. The molecule has 2 aromatic rings. The van der Waals surface area contributed by atoms with E-state index in [9.17, 15) is 19.7 Å². The van der Waals surface area contributed by atoms with Gasteiger partial charge in [0.25, 0.3) is 11.6 Å². The zero-order valence-corrected chi connectivity index (χ0v) is 13.7. The van der Waals surface area contributed by atoms with Crippen LogP contribution in [0.15, 0.2) is 51.6 Å². The molecule has 2 rings (SSSR count). The number of nitrogens with zero attached hydrogens (tertiary/aromatic N) is 1. The molecule has 0 spiro atoms. The first-order valence-electron chi connectivity index (χ1n) is 6.59. The summed E-state index contributed by atoms with van der Waals surface area (Å²) in [6.07, 6.45) is 2.48. The predicted molar refractivity (Wildman–Crippen MR) is 88.1 cm³/mol. The number of para-hydroxylation sites is 2. The van der Waals surface area contributed by atoms with Crippen LogP contribution in [0.5, 0.6) is 0 Å². The van der Waals surface area contributed by atoms with Gasteiger partial charge in [-0.25, -0.2) is 4.79 Å². The minimum atomic E-state index is -0.750. The number of carbonyl (C=O) groups excluding carboxylic acids is 2. The van der Waals surface area contributed by atoms with Gasteiger partial charge in [0, 0.05) is 12.1 Å². The molecule has 0 saturated heterocycles. The van der Waals surface area contributed by atoms with Gasteiger partial charge in [0.1, 0.15) is 11.4 Å². The van der Waals surface area contributed by atoms with Gasteiger partial charge in [-0.3, -0.25) is 14.9 Å². The number of esters is 1. The van der Waals surface area contributed by atoms with Crippen LogP contribution in [-0.4, -0.2) is 23.4 Å². The highest BCUT2D eigenvalue weighted by molar-refractivity contribution is 9.10. The van der Waals surface area contributed by atoms with Crippen LogP contribution in [0.4, 0.5) is 11.4 Å². The maximum atomic E-state index is 11.7. The smallest absolute Gasteiger partial charge is 0.331 e. The lowest BCUT2D eigenvalue weighted by atomic mass is 10.2. The number of benzene rings is 1. The number of hydrogen-bond acceptors (Lipinski definition) is 6. The molecular weight excluding hydrogens is 384 g/mol. The Bertz CT molecular complexity index is 799. The minimum absolute atomic E-state index is 0.0273. The van der Waals surface area contributed by atoms with Crippen LogP contribution in [-0.2, 0) is 14.3 Å². The molecule has 24 heavy (non-hydrogen) atoms. The van der Waals surface area contributed by atoms with E-state index in [1.807, 2.05) is 0 Å². The number of nitrogens with one attached hydrogen (secondary N) is 1. The Hall–Kier alpha value is -2.94.